The van der Waals surface area contributed by atoms with Gasteiger partial charge in [0.1, 0.15) is 12.1 Å². The number of methoxy groups -OCH3 is 1. The van der Waals surface area contributed by atoms with Gasteiger partial charge in [0, 0.05) is 4.91 Å². The van der Waals surface area contributed by atoms with Crippen LogP contribution in [0.25, 0.3) is 10.4 Å². The average molecular weight is 243 g/mol. The Hall–Kier alpha value is -2.86. The number of rotatable bonds is 4. The van der Waals surface area contributed by atoms with E-state index >= 15 is 0 Å². The monoisotopic (exact) mass is 243 g/mol. The normalized spacial score (nSPS) is 10.3. The highest BCUT2D eigenvalue weighted by atomic mass is 16.5. The van der Waals surface area contributed by atoms with E-state index in [1.54, 1.807) is 13.3 Å². The lowest BCUT2D eigenvalue weighted by Gasteiger charge is -1.98. The molecule has 90 valence electrons. The lowest BCUT2D eigenvalue weighted by atomic mass is 10.2. The Labute approximate surface area is 102 Å². The summed E-state index contributed by atoms with van der Waals surface area (Å²) in [7, 11) is 1.60. The summed E-state index contributed by atoms with van der Waals surface area (Å²) in [6.07, 6.45) is 2.95. The van der Waals surface area contributed by atoms with E-state index in [0.29, 0.717) is 0 Å². The maximum Gasteiger partial charge on any atom is 0.241 e. The van der Waals surface area contributed by atoms with Crippen molar-refractivity contribution >= 4 is 12.2 Å². The van der Waals surface area contributed by atoms with E-state index in [0.717, 1.165) is 11.3 Å². The Morgan fingerprint density at radius 1 is 1.39 bits per heavy atom. The first-order chi connectivity index (χ1) is 8.83. The van der Waals surface area contributed by atoms with Crippen LogP contribution in [0.1, 0.15) is 5.56 Å². The minimum atomic E-state index is 0.0854. The molecule has 0 saturated heterocycles. The van der Waals surface area contributed by atoms with Gasteiger partial charge in [0.2, 0.25) is 5.95 Å². The smallest absolute Gasteiger partial charge is 0.241 e. The summed E-state index contributed by atoms with van der Waals surface area (Å²) in [5.74, 6) is 0.855. The highest BCUT2D eigenvalue weighted by molar-refractivity contribution is 5.79. The van der Waals surface area contributed by atoms with Crippen LogP contribution in [0.2, 0.25) is 0 Å². The molecule has 0 atom stereocenters. The van der Waals surface area contributed by atoms with Crippen LogP contribution in [0, 0.1) is 0 Å². The van der Waals surface area contributed by atoms with Crippen LogP contribution >= 0.6 is 0 Å². The Morgan fingerprint density at radius 3 is 2.83 bits per heavy atom. The lowest BCUT2D eigenvalue weighted by molar-refractivity contribution is 0.415. The van der Waals surface area contributed by atoms with Gasteiger partial charge in [-0.05, 0) is 40.5 Å². The second kappa shape index (κ2) is 5.46. The minimum Gasteiger partial charge on any atom is -0.497 e. The second-order valence-electron chi connectivity index (χ2n) is 3.18. The van der Waals surface area contributed by atoms with Crippen molar-refractivity contribution in [3.8, 4) is 5.75 Å². The summed E-state index contributed by atoms with van der Waals surface area (Å²) < 4.78 is 6.33. The van der Waals surface area contributed by atoms with Crippen molar-refractivity contribution in [3.05, 3.63) is 46.6 Å². The molecule has 2 aromatic rings. The molecule has 0 radical (unpaired) electrons. The van der Waals surface area contributed by atoms with Gasteiger partial charge in [0.15, 0.2) is 0 Å². The van der Waals surface area contributed by atoms with Crippen LogP contribution in [0.5, 0.6) is 5.75 Å². The quantitative estimate of drug-likeness (QED) is 0.355. The molecule has 2 rings (SSSR count). The van der Waals surface area contributed by atoms with Gasteiger partial charge >= 0.3 is 0 Å². The molecule has 8 nitrogen and oxygen atoms in total. The maximum atomic E-state index is 8.32. The van der Waals surface area contributed by atoms with Crippen LogP contribution in [0.4, 0.5) is 5.95 Å². The first-order valence-corrected chi connectivity index (χ1v) is 4.97. The Kier molecular flexibility index (Phi) is 3.53. The fraction of sp³-hybridized carbons (Fsp3) is 0.100. The van der Waals surface area contributed by atoms with Gasteiger partial charge in [0.25, 0.3) is 0 Å². The van der Waals surface area contributed by atoms with E-state index in [1.165, 1.54) is 11.0 Å². The molecule has 1 aromatic heterocycles. The molecular formula is C10H9N7O. The molecule has 0 saturated carbocycles. The topological polar surface area (TPSA) is 101 Å². The van der Waals surface area contributed by atoms with Crippen LogP contribution in [-0.4, -0.2) is 28.2 Å². The van der Waals surface area contributed by atoms with Crippen molar-refractivity contribution in [2.24, 2.45) is 10.2 Å². The zero-order valence-corrected chi connectivity index (χ0v) is 9.50. The molecule has 18 heavy (non-hydrogen) atoms. The predicted octanol–water partition coefficient (Wildman–Crippen LogP) is 2.11. The lowest BCUT2D eigenvalue weighted by Crippen LogP contribution is -1.89. The van der Waals surface area contributed by atoms with Crippen molar-refractivity contribution < 1.29 is 4.74 Å². The van der Waals surface area contributed by atoms with Gasteiger partial charge in [-0.2, -0.15) is 9.78 Å². The third kappa shape index (κ3) is 2.63. The molecule has 0 aliphatic heterocycles. The summed E-state index contributed by atoms with van der Waals surface area (Å²) in [5, 5.41) is 14.6. The fourth-order valence-electron chi connectivity index (χ4n) is 1.23. The predicted molar refractivity (Wildman–Crippen MR) is 64.8 cm³/mol. The SMILES string of the molecule is COc1ccc(/C=N/n2cnnc2N=[N+]=[N-])cc1. The standard InChI is InChI=1S/C10H9N7O/c1-18-9-4-2-8(3-5-9)6-13-17-7-12-14-10(17)15-16-11/h2-7H,1H3/b13-6+. The van der Waals surface area contributed by atoms with Crippen LogP contribution in [-0.2, 0) is 0 Å². The number of nitrogens with zero attached hydrogens (tertiary/aromatic N) is 7. The zero-order valence-electron chi connectivity index (χ0n) is 9.50. The van der Waals surface area contributed by atoms with Crippen LogP contribution < -0.4 is 4.74 Å². The molecular weight excluding hydrogens is 234 g/mol. The van der Waals surface area contributed by atoms with Gasteiger partial charge < -0.3 is 4.74 Å². The number of ether oxygens (including phenoxy) is 1. The zero-order chi connectivity index (χ0) is 12.8. The Balaban J connectivity index is 2.18. The van der Waals surface area contributed by atoms with Gasteiger partial charge in [0.05, 0.1) is 13.3 Å². The molecule has 0 aliphatic rings. The molecule has 0 fully saturated rings. The van der Waals surface area contributed by atoms with Gasteiger partial charge in [-0.25, -0.2) is 0 Å². The fourth-order valence-corrected chi connectivity index (χ4v) is 1.23. The van der Waals surface area contributed by atoms with E-state index in [1.807, 2.05) is 24.3 Å². The van der Waals surface area contributed by atoms with Gasteiger partial charge in [-0.1, -0.05) is 0 Å². The third-order valence-electron chi connectivity index (χ3n) is 2.09. The van der Waals surface area contributed by atoms with Crippen molar-refractivity contribution in [1.82, 2.24) is 14.9 Å². The van der Waals surface area contributed by atoms with E-state index < -0.39 is 0 Å². The number of hydrogen-bond donors (Lipinski definition) is 0. The van der Waals surface area contributed by atoms with Crippen molar-refractivity contribution in [2.75, 3.05) is 7.11 Å². The highest BCUT2D eigenvalue weighted by Gasteiger charge is 1.98. The number of azide groups is 1. The second-order valence-corrected chi connectivity index (χ2v) is 3.18. The summed E-state index contributed by atoms with van der Waals surface area (Å²) in [6, 6.07) is 7.34. The molecule has 0 bridgehead atoms. The molecule has 1 aromatic carbocycles. The van der Waals surface area contributed by atoms with Crippen LogP contribution in [0.3, 0.4) is 0 Å². The molecule has 0 amide bonds. The molecule has 0 unspecified atom stereocenters. The largest absolute Gasteiger partial charge is 0.497 e. The van der Waals surface area contributed by atoms with E-state index in [-0.39, 0.29) is 5.95 Å². The summed E-state index contributed by atoms with van der Waals surface area (Å²) >= 11 is 0. The highest BCUT2D eigenvalue weighted by Crippen LogP contribution is 2.10. The number of hydrogen-bond acceptors (Lipinski definition) is 5. The van der Waals surface area contributed by atoms with Gasteiger partial charge in [-0.3, -0.25) is 0 Å². The van der Waals surface area contributed by atoms with E-state index in [9.17, 15) is 0 Å². The van der Waals surface area contributed by atoms with Crippen molar-refractivity contribution in [3.63, 3.8) is 0 Å². The van der Waals surface area contributed by atoms with E-state index in [4.69, 9.17) is 10.3 Å². The van der Waals surface area contributed by atoms with Crippen molar-refractivity contribution in [2.45, 2.75) is 0 Å². The average Bonchev–Trinajstić information content (AvgIpc) is 2.85. The summed E-state index contributed by atoms with van der Waals surface area (Å²) in [4.78, 5) is 2.63. The minimum absolute atomic E-state index is 0.0854. The molecule has 0 spiro atoms. The Bertz CT molecular complexity index is 595. The third-order valence-corrected chi connectivity index (χ3v) is 2.09. The summed E-state index contributed by atoms with van der Waals surface area (Å²) in [6.45, 7) is 0. The summed E-state index contributed by atoms with van der Waals surface area (Å²) in [5.41, 5.74) is 9.19. The first kappa shape index (κ1) is 11.6. The molecule has 0 aliphatic carbocycles. The number of benzene rings is 1. The van der Waals surface area contributed by atoms with E-state index in [2.05, 4.69) is 25.3 Å². The van der Waals surface area contributed by atoms with Gasteiger partial charge in [-0.15, -0.1) is 10.2 Å². The van der Waals surface area contributed by atoms with Crippen LogP contribution in [0.15, 0.2) is 40.8 Å². The molecule has 0 N–H and O–H groups in total. The maximum absolute atomic E-state index is 8.32. The molecule has 8 heteroatoms. The van der Waals surface area contributed by atoms with Crippen molar-refractivity contribution in [1.29, 1.82) is 0 Å². The first-order valence-electron chi connectivity index (χ1n) is 4.97. The molecule has 1 heterocycles. The Morgan fingerprint density at radius 2 is 2.17 bits per heavy atom. The number of aromatic nitrogens is 3.